The third-order valence-corrected chi connectivity index (χ3v) is 1.04. The van der Waals surface area contributed by atoms with Crippen molar-refractivity contribution < 1.29 is 14.6 Å². The summed E-state index contributed by atoms with van der Waals surface area (Å²) in [6.45, 7) is 3.17. The first kappa shape index (κ1) is 8.43. The Bertz CT molecular complexity index is 90.3. The van der Waals surface area contributed by atoms with E-state index in [4.69, 9.17) is 5.11 Å². The van der Waals surface area contributed by atoms with E-state index in [1.54, 1.807) is 6.92 Å². The number of esters is 1. The fourth-order valence-electron chi connectivity index (χ4n) is 0.345. The molecule has 0 aliphatic rings. The lowest BCUT2D eigenvalue weighted by atomic mass is 10.3. The summed E-state index contributed by atoms with van der Waals surface area (Å²) >= 11 is 0. The molecule has 0 rings (SSSR count). The second-order valence-electron chi connectivity index (χ2n) is 1.87. The third-order valence-electron chi connectivity index (χ3n) is 1.04. The molecule has 3 nitrogen and oxygen atoms in total. The van der Waals surface area contributed by atoms with E-state index in [1.807, 2.05) is 6.92 Å². The molecule has 0 aromatic rings. The lowest BCUT2D eigenvalue weighted by Crippen LogP contribution is -2.16. The van der Waals surface area contributed by atoms with Crippen molar-refractivity contribution >= 4 is 5.97 Å². The number of carbonyl (C=O) groups is 1. The predicted molar refractivity (Wildman–Crippen MR) is 32.9 cm³/mol. The molecule has 0 aromatic carbocycles. The van der Waals surface area contributed by atoms with Crippen LogP contribution in [0.1, 0.15) is 20.3 Å². The fraction of sp³-hybridized carbons (Fsp3) is 0.833. The van der Waals surface area contributed by atoms with Crippen molar-refractivity contribution in [1.29, 1.82) is 0 Å². The van der Waals surface area contributed by atoms with Crippen molar-refractivity contribution in [2.45, 2.75) is 26.4 Å². The Hall–Kier alpha value is -0.570. The van der Waals surface area contributed by atoms with E-state index < -0.39 is 12.6 Å². The van der Waals surface area contributed by atoms with Gasteiger partial charge in [0.25, 0.3) is 0 Å². The number of carbonyl (C=O) groups excluding carboxylic acids is 1. The number of aliphatic hydroxyl groups excluding tert-OH is 1. The molecule has 0 aliphatic carbocycles. The van der Waals surface area contributed by atoms with Gasteiger partial charge in [-0.3, -0.25) is 0 Å². The first-order valence-electron chi connectivity index (χ1n) is 3.01. The van der Waals surface area contributed by atoms with Crippen LogP contribution < -0.4 is 0 Å². The predicted octanol–water partition coefficient (Wildman–Crippen LogP) is 0.320. The minimum absolute atomic E-state index is 0.0790. The van der Waals surface area contributed by atoms with Crippen LogP contribution in [-0.2, 0) is 9.53 Å². The van der Waals surface area contributed by atoms with Crippen molar-refractivity contribution in [1.82, 2.24) is 0 Å². The molecule has 0 amide bonds. The van der Waals surface area contributed by atoms with E-state index in [9.17, 15) is 4.79 Å². The first-order chi connectivity index (χ1) is 4.20. The molecule has 1 N–H and O–H groups in total. The monoisotopic (exact) mass is 132 g/mol. The van der Waals surface area contributed by atoms with E-state index in [0.717, 1.165) is 6.42 Å². The van der Waals surface area contributed by atoms with Gasteiger partial charge in [0.1, 0.15) is 6.61 Å². The van der Waals surface area contributed by atoms with Crippen molar-refractivity contribution in [2.24, 2.45) is 0 Å². The molecule has 0 spiro atoms. The normalized spacial score (nSPS) is 12.8. The molecule has 0 bridgehead atoms. The molecule has 54 valence electrons. The maximum Gasteiger partial charge on any atom is 0.332 e. The summed E-state index contributed by atoms with van der Waals surface area (Å²) in [6, 6.07) is 0. The number of rotatable bonds is 3. The SMILES string of the molecule is CCC(C)OC(=O)CO. The molecule has 0 saturated heterocycles. The molecule has 1 unspecified atom stereocenters. The summed E-state index contributed by atoms with van der Waals surface area (Å²) < 4.78 is 4.66. The summed E-state index contributed by atoms with van der Waals surface area (Å²) in [6.07, 6.45) is 0.704. The van der Waals surface area contributed by atoms with Crippen LogP contribution in [0.4, 0.5) is 0 Å². The van der Waals surface area contributed by atoms with Gasteiger partial charge in [-0.25, -0.2) is 4.79 Å². The van der Waals surface area contributed by atoms with Gasteiger partial charge in [-0.15, -0.1) is 0 Å². The topological polar surface area (TPSA) is 46.5 Å². The minimum atomic E-state index is -0.552. The van der Waals surface area contributed by atoms with Crippen LogP contribution in [0.3, 0.4) is 0 Å². The van der Waals surface area contributed by atoms with Crippen LogP contribution in [0.25, 0.3) is 0 Å². The van der Waals surface area contributed by atoms with Crippen LogP contribution in [0.2, 0.25) is 0 Å². The number of hydrogen-bond donors (Lipinski definition) is 1. The zero-order valence-corrected chi connectivity index (χ0v) is 5.76. The van der Waals surface area contributed by atoms with E-state index in [-0.39, 0.29) is 6.10 Å². The van der Waals surface area contributed by atoms with Crippen molar-refractivity contribution in [3.05, 3.63) is 0 Å². The molecule has 3 heteroatoms. The van der Waals surface area contributed by atoms with Crippen molar-refractivity contribution in [3.8, 4) is 0 Å². The second-order valence-corrected chi connectivity index (χ2v) is 1.87. The molecule has 0 saturated carbocycles. The number of ether oxygens (including phenoxy) is 1. The molecule has 1 atom stereocenters. The Labute approximate surface area is 54.6 Å². The van der Waals surface area contributed by atoms with E-state index >= 15 is 0 Å². The Morgan fingerprint density at radius 3 is 2.67 bits per heavy atom. The van der Waals surface area contributed by atoms with E-state index in [0.29, 0.717) is 0 Å². The molecule has 0 fully saturated rings. The van der Waals surface area contributed by atoms with Gasteiger partial charge in [0.15, 0.2) is 0 Å². The van der Waals surface area contributed by atoms with Crippen LogP contribution in [-0.4, -0.2) is 23.8 Å². The second kappa shape index (κ2) is 4.32. The maximum absolute atomic E-state index is 10.3. The Balaban J connectivity index is 3.34. The molecular formula is C6H12O3. The van der Waals surface area contributed by atoms with Gasteiger partial charge in [-0.05, 0) is 13.3 Å². The quantitative estimate of drug-likeness (QED) is 0.562. The minimum Gasteiger partial charge on any atom is -0.461 e. The van der Waals surface area contributed by atoms with Crippen molar-refractivity contribution in [3.63, 3.8) is 0 Å². The maximum atomic E-state index is 10.3. The number of aliphatic hydroxyl groups is 1. The highest BCUT2D eigenvalue weighted by atomic mass is 16.6. The lowest BCUT2D eigenvalue weighted by Gasteiger charge is -2.07. The molecule has 0 radical (unpaired) electrons. The van der Waals surface area contributed by atoms with Crippen LogP contribution >= 0.6 is 0 Å². The first-order valence-corrected chi connectivity index (χ1v) is 3.01. The summed E-state index contributed by atoms with van der Waals surface area (Å²) in [5, 5.41) is 8.20. The third kappa shape index (κ3) is 3.97. The highest BCUT2D eigenvalue weighted by Crippen LogP contribution is 1.94. The van der Waals surface area contributed by atoms with Crippen molar-refractivity contribution in [2.75, 3.05) is 6.61 Å². The van der Waals surface area contributed by atoms with Crippen LogP contribution in [0.15, 0.2) is 0 Å². The molecular weight excluding hydrogens is 120 g/mol. The highest BCUT2D eigenvalue weighted by Gasteiger charge is 2.03. The smallest absolute Gasteiger partial charge is 0.332 e. The Morgan fingerprint density at radius 1 is 1.78 bits per heavy atom. The summed E-state index contributed by atoms with van der Waals surface area (Å²) in [7, 11) is 0. The van der Waals surface area contributed by atoms with E-state index in [2.05, 4.69) is 4.74 Å². The average molecular weight is 132 g/mol. The zero-order chi connectivity index (χ0) is 7.28. The summed E-state index contributed by atoms with van der Waals surface area (Å²) in [4.78, 5) is 10.3. The van der Waals surface area contributed by atoms with Crippen LogP contribution in [0, 0.1) is 0 Å². The highest BCUT2D eigenvalue weighted by molar-refractivity contribution is 5.70. The van der Waals surface area contributed by atoms with E-state index in [1.165, 1.54) is 0 Å². The zero-order valence-electron chi connectivity index (χ0n) is 5.76. The molecule has 0 heterocycles. The molecule has 0 aromatic heterocycles. The Kier molecular flexibility index (Phi) is 4.05. The van der Waals surface area contributed by atoms with Gasteiger partial charge in [-0.1, -0.05) is 6.92 Å². The lowest BCUT2D eigenvalue weighted by molar-refractivity contribution is -0.151. The van der Waals surface area contributed by atoms with Gasteiger partial charge in [0, 0.05) is 0 Å². The molecule has 9 heavy (non-hydrogen) atoms. The average Bonchev–Trinajstić information content (AvgIpc) is 1.87. The largest absolute Gasteiger partial charge is 0.461 e. The fourth-order valence-corrected chi connectivity index (χ4v) is 0.345. The summed E-state index contributed by atoms with van der Waals surface area (Å²) in [5.74, 6) is -0.552. The van der Waals surface area contributed by atoms with Crippen LogP contribution in [0.5, 0.6) is 0 Å². The van der Waals surface area contributed by atoms with Gasteiger partial charge >= 0.3 is 5.97 Å². The molecule has 0 aliphatic heterocycles. The summed E-state index contributed by atoms with van der Waals surface area (Å²) in [5.41, 5.74) is 0. The van der Waals surface area contributed by atoms with Gasteiger partial charge < -0.3 is 9.84 Å². The van der Waals surface area contributed by atoms with Gasteiger partial charge in [0.2, 0.25) is 0 Å². The van der Waals surface area contributed by atoms with Gasteiger partial charge in [0.05, 0.1) is 6.10 Å². The Morgan fingerprint density at radius 2 is 2.33 bits per heavy atom. The standard InChI is InChI=1S/C6H12O3/c1-3-5(2)9-6(8)4-7/h5,7H,3-4H2,1-2H3. The van der Waals surface area contributed by atoms with Gasteiger partial charge in [-0.2, -0.15) is 0 Å². The number of hydrogen-bond acceptors (Lipinski definition) is 3.